The van der Waals surface area contributed by atoms with Crippen LogP contribution in [0.5, 0.6) is 0 Å². The summed E-state index contributed by atoms with van der Waals surface area (Å²) in [7, 11) is 0. The Morgan fingerprint density at radius 2 is 1.86 bits per heavy atom. The molecule has 4 aromatic rings. The fraction of sp³-hybridized carbons (Fsp3) is 0.280. The number of nitrogens with two attached hydrogens (primary N) is 1. The van der Waals surface area contributed by atoms with Gasteiger partial charge in [0.1, 0.15) is 23.3 Å². The van der Waals surface area contributed by atoms with E-state index < -0.39 is 11.6 Å². The lowest BCUT2D eigenvalue weighted by molar-refractivity contribution is -0.133. The number of fused-ring (bicyclic) bond motifs is 1. The van der Waals surface area contributed by atoms with E-state index in [9.17, 15) is 13.6 Å². The van der Waals surface area contributed by atoms with Gasteiger partial charge in [0.2, 0.25) is 5.91 Å². The van der Waals surface area contributed by atoms with Crippen molar-refractivity contribution in [2.45, 2.75) is 19.4 Å². The Morgan fingerprint density at radius 1 is 1.06 bits per heavy atom. The molecule has 0 unspecified atom stereocenters. The minimum Gasteiger partial charge on any atom is -0.441 e. The van der Waals surface area contributed by atoms with Crippen molar-refractivity contribution >= 4 is 22.6 Å². The van der Waals surface area contributed by atoms with Gasteiger partial charge >= 0.3 is 0 Å². The summed E-state index contributed by atoms with van der Waals surface area (Å²) in [4.78, 5) is 29.9. The standard InChI is InChI=1S/C25H24F2N6O2/c26-16-5-6-17(19(27)13-16)21-14-29-23(35-21)7-8-24(34)33-11-9-32(10-12-33)15-22-30-20-4-2-1-3-18(20)25(28)31-22/h1-6,13-14H,7-12,15H2,(H2,28,30,31). The Morgan fingerprint density at radius 3 is 2.66 bits per heavy atom. The zero-order valence-electron chi connectivity index (χ0n) is 19.0. The van der Waals surface area contributed by atoms with Gasteiger partial charge in [-0.05, 0) is 24.3 Å². The number of hydrogen-bond acceptors (Lipinski definition) is 7. The van der Waals surface area contributed by atoms with Crippen LogP contribution in [-0.2, 0) is 17.8 Å². The summed E-state index contributed by atoms with van der Waals surface area (Å²) < 4.78 is 32.6. The first-order valence-electron chi connectivity index (χ1n) is 11.4. The third kappa shape index (κ3) is 5.12. The third-order valence-corrected chi connectivity index (χ3v) is 6.07. The molecular weight excluding hydrogens is 454 g/mol. The molecular formula is C25H24F2N6O2. The van der Waals surface area contributed by atoms with Crippen LogP contribution >= 0.6 is 0 Å². The van der Waals surface area contributed by atoms with Crippen molar-refractivity contribution < 1.29 is 18.0 Å². The number of oxazole rings is 1. The molecule has 1 aliphatic heterocycles. The molecule has 3 heterocycles. The molecule has 10 heteroatoms. The number of nitrogen functional groups attached to an aromatic ring is 1. The molecule has 0 atom stereocenters. The molecule has 1 aliphatic rings. The number of amides is 1. The first-order valence-corrected chi connectivity index (χ1v) is 11.4. The number of para-hydroxylation sites is 1. The van der Waals surface area contributed by atoms with Crippen LogP contribution in [0.15, 0.2) is 53.1 Å². The molecule has 35 heavy (non-hydrogen) atoms. The Balaban J connectivity index is 1.12. The number of hydrogen-bond donors (Lipinski definition) is 1. The second kappa shape index (κ2) is 9.75. The first kappa shape index (κ1) is 22.9. The molecule has 0 bridgehead atoms. The number of nitrogens with zero attached hydrogens (tertiary/aromatic N) is 5. The Hall–Kier alpha value is -3.92. The van der Waals surface area contributed by atoms with E-state index >= 15 is 0 Å². The predicted molar refractivity (Wildman–Crippen MR) is 126 cm³/mol. The fourth-order valence-corrected chi connectivity index (χ4v) is 4.19. The van der Waals surface area contributed by atoms with Crippen molar-refractivity contribution in [2.75, 3.05) is 31.9 Å². The largest absolute Gasteiger partial charge is 0.441 e. The Bertz CT molecular complexity index is 1370. The van der Waals surface area contributed by atoms with Crippen molar-refractivity contribution in [1.29, 1.82) is 0 Å². The van der Waals surface area contributed by atoms with Gasteiger partial charge in [0.25, 0.3) is 0 Å². The quantitative estimate of drug-likeness (QED) is 0.453. The maximum absolute atomic E-state index is 14.0. The van der Waals surface area contributed by atoms with Gasteiger partial charge in [0.15, 0.2) is 11.7 Å². The zero-order valence-corrected chi connectivity index (χ0v) is 19.0. The smallest absolute Gasteiger partial charge is 0.223 e. The van der Waals surface area contributed by atoms with Gasteiger partial charge in [-0.3, -0.25) is 9.69 Å². The molecule has 0 saturated carbocycles. The van der Waals surface area contributed by atoms with E-state index in [2.05, 4.69) is 19.9 Å². The molecule has 180 valence electrons. The number of benzene rings is 2. The summed E-state index contributed by atoms with van der Waals surface area (Å²) in [6, 6.07) is 10.9. The summed E-state index contributed by atoms with van der Waals surface area (Å²) in [6.07, 6.45) is 1.92. The lowest BCUT2D eigenvalue weighted by Gasteiger charge is -2.34. The molecule has 0 aliphatic carbocycles. The number of piperazine rings is 1. The number of anilines is 1. The second-order valence-electron chi connectivity index (χ2n) is 8.44. The monoisotopic (exact) mass is 478 g/mol. The molecule has 8 nitrogen and oxygen atoms in total. The summed E-state index contributed by atoms with van der Waals surface area (Å²) in [5, 5.41) is 0.840. The Kier molecular flexibility index (Phi) is 6.37. The summed E-state index contributed by atoms with van der Waals surface area (Å²) in [6.45, 7) is 3.17. The highest BCUT2D eigenvalue weighted by Crippen LogP contribution is 2.25. The second-order valence-corrected chi connectivity index (χ2v) is 8.44. The van der Waals surface area contributed by atoms with Gasteiger partial charge in [-0.25, -0.2) is 23.7 Å². The van der Waals surface area contributed by atoms with E-state index in [0.29, 0.717) is 56.7 Å². The highest BCUT2D eigenvalue weighted by Gasteiger charge is 2.22. The maximum Gasteiger partial charge on any atom is 0.223 e. The average Bonchev–Trinajstić information content (AvgIpc) is 3.32. The van der Waals surface area contributed by atoms with Crippen LogP contribution in [0.4, 0.5) is 14.6 Å². The van der Waals surface area contributed by atoms with Crippen molar-refractivity contribution in [2.24, 2.45) is 0 Å². The predicted octanol–water partition coefficient (Wildman–Crippen LogP) is 3.42. The lowest BCUT2D eigenvalue weighted by atomic mass is 10.2. The van der Waals surface area contributed by atoms with Crippen LogP contribution < -0.4 is 5.73 Å². The Labute approximate surface area is 200 Å². The summed E-state index contributed by atoms with van der Waals surface area (Å²) in [5.41, 5.74) is 7.03. The summed E-state index contributed by atoms with van der Waals surface area (Å²) in [5.74, 6) is 0.291. The third-order valence-electron chi connectivity index (χ3n) is 6.07. The van der Waals surface area contributed by atoms with Crippen LogP contribution in [0.25, 0.3) is 22.2 Å². The number of halogens is 2. The van der Waals surface area contributed by atoms with Gasteiger partial charge in [-0.2, -0.15) is 0 Å². The van der Waals surface area contributed by atoms with Crippen molar-refractivity contribution in [3.8, 4) is 11.3 Å². The average molecular weight is 479 g/mol. The van der Waals surface area contributed by atoms with Gasteiger partial charge in [0, 0.05) is 50.5 Å². The number of carbonyl (C=O) groups is 1. The van der Waals surface area contributed by atoms with Crippen molar-refractivity contribution in [1.82, 2.24) is 24.8 Å². The molecule has 1 amide bonds. The highest BCUT2D eigenvalue weighted by molar-refractivity contribution is 5.87. The maximum atomic E-state index is 14.0. The van der Waals surface area contributed by atoms with Crippen LogP contribution in [0.2, 0.25) is 0 Å². The van der Waals surface area contributed by atoms with E-state index in [0.717, 1.165) is 23.0 Å². The lowest BCUT2D eigenvalue weighted by Crippen LogP contribution is -2.48. The topological polar surface area (TPSA) is 101 Å². The van der Waals surface area contributed by atoms with E-state index in [-0.39, 0.29) is 23.7 Å². The molecule has 2 aromatic heterocycles. The molecule has 0 radical (unpaired) electrons. The van der Waals surface area contributed by atoms with Crippen LogP contribution in [0.3, 0.4) is 0 Å². The molecule has 1 saturated heterocycles. The van der Waals surface area contributed by atoms with Gasteiger partial charge in [0.05, 0.1) is 23.8 Å². The van der Waals surface area contributed by atoms with E-state index in [1.54, 1.807) is 0 Å². The number of carbonyl (C=O) groups excluding carboxylic acids is 1. The number of aromatic nitrogens is 3. The van der Waals surface area contributed by atoms with Gasteiger partial charge < -0.3 is 15.1 Å². The summed E-state index contributed by atoms with van der Waals surface area (Å²) >= 11 is 0. The van der Waals surface area contributed by atoms with Gasteiger partial charge in [-0.1, -0.05) is 12.1 Å². The van der Waals surface area contributed by atoms with E-state index in [1.807, 2.05) is 29.2 Å². The van der Waals surface area contributed by atoms with Crippen molar-refractivity contribution in [3.05, 3.63) is 72.0 Å². The van der Waals surface area contributed by atoms with Crippen LogP contribution in [0.1, 0.15) is 18.1 Å². The minimum absolute atomic E-state index is 0.00330. The van der Waals surface area contributed by atoms with Gasteiger partial charge in [-0.15, -0.1) is 0 Å². The minimum atomic E-state index is -0.724. The van der Waals surface area contributed by atoms with Crippen molar-refractivity contribution in [3.63, 3.8) is 0 Å². The normalized spacial score (nSPS) is 14.5. The molecule has 1 fully saturated rings. The van der Waals surface area contributed by atoms with Crippen LogP contribution in [-0.4, -0.2) is 56.8 Å². The molecule has 2 aromatic carbocycles. The first-order chi connectivity index (χ1) is 17.0. The molecule has 0 spiro atoms. The van der Waals surface area contributed by atoms with E-state index in [4.69, 9.17) is 10.2 Å². The molecule has 2 N–H and O–H groups in total. The number of aryl methyl sites for hydroxylation is 1. The number of rotatable bonds is 6. The van der Waals surface area contributed by atoms with E-state index in [1.165, 1.54) is 12.3 Å². The van der Waals surface area contributed by atoms with Crippen LogP contribution in [0, 0.1) is 11.6 Å². The zero-order chi connectivity index (χ0) is 24.4. The fourth-order valence-electron chi connectivity index (χ4n) is 4.19. The SMILES string of the molecule is Nc1nc(CN2CCN(C(=O)CCc3ncc(-c4ccc(F)cc4F)o3)CC2)nc2ccccc12. The molecule has 5 rings (SSSR count). The highest BCUT2D eigenvalue weighted by atomic mass is 19.1.